The van der Waals surface area contributed by atoms with Gasteiger partial charge in [0.1, 0.15) is 6.07 Å². The van der Waals surface area contributed by atoms with Crippen molar-refractivity contribution in [1.82, 2.24) is 9.13 Å². The first-order valence-corrected chi connectivity index (χ1v) is 16.7. The Hall–Kier alpha value is -6.94. The molecule has 6 aromatic carbocycles. The van der Waals surface area contributed by atoms with Crippen LogP contribution in [0.5, 0.6) is 0 Å². The summed E-state index contributed by atoms with van der Waals surface area (Å²) in [6, 6.07) is 21.7. The number of nitriles is 2. The van der Waals surface area contributed by atoms with Crippen LogP contribution < -0.4 is 0 Å². The zero-order chi connectivity index (χ0) is 41.7. The molecule has 0 atom stereocenters. The van der Waals surface area contributed by atoms with Gasteiger partial charge >= 0.3 is 24.7 Å². The molecule has 0 fully saturated rings. The van der Waals surface area contributed by atoms with E-state index in [4.69, 9.17) is 0 Å². The van der Waals surface area contributed by atoms with Crippen LogP contribution >= 0.6 is 0 Å². The molecule has 0 bridgehead atoms. The number of fused-ring (bicyclic) bond motifs is 6. The van der Waals surface area contributed by atoms with Crippen molar-refractivity contribution in [2.45, 2.75) is 24.7 Å². The molecule has 290 valence electrons. The maximum absolute atomic E-state index is 14.2. The van der Waals surface area contributed by atoms with E-state index in [9.17, 15) is 63.2 Å². The summed E-state index contributed by atoms with van der Waals surface area (Å²) in [5, 5.41) is 20.7. The third-order valence-corrected chi connectivity index (χ3v) is 9.86. The summed E-state index contributed by atoms with van der Waals surface area (Å²) in [6.45, 7) is 0. The Morgan fingerprint density at radius 3 is 1.12 bits per heavy atom. The number of rotatable bonds is 3. The molecule has 0 aliphatic rings. The van der Waals surface area contributed by atoms with E-state index >= 15 is 0 Å². The zero-order valence-electron chi connectivity index (χ0n) is 28.7. The van der Waals surface area contributed by atoms with Gasteiger partial charge in [-0.1, -0.05) is 36.4 Å². The lowest BCUT2D eigenvalue weighted by Crippen LogP contribution is -2.08. The summed E-state index contributed by atoms with van der Waals surface area (Å²) in [7, 11) is 0. The van der Waals surface area contributed by atoms with Gasteiger partial charge in [-0.2, -0.15) is 63.2 Å². The highest BCUT2D eigenvalue weighted by Crippen LogP contribution is 2.45. The van der Waals surface area contributed by atoms with E-state index in [-0.39, 0.29) is 71.7 Å². The Morgan fingerprint density at radius 1 is 0.397 bits per heavy atom. The van der Waals surface area contributed by atoms with Crippen molar-refractivity contribution in [2.24, 2.45) is 0 Å². The molecule has 0 aliphatic heterocycles. The highest BCUT2D eigenvalue weighted by Gasteiger charge is 2.36. The van der Waals surface area contributed by atoms with E-state index in [1.807, 2.05) is 12.1 Å². The molecule has 8 aromatic rings. The minimum absolute atomic E-state index is 0.0387. The molecule has 0 N–H and O–H groups in total. The Morgan fingerprint density at radius 2 is 0.776 bits per heavy atom. The van der Waals surface area contributed by atoms with E-state index in [0.29, 0.717) is 24.3 Å². The normalized spacial score (nSPS) is 12.8. The Labute approximate surface area is 317 Å². The van der Waals surface area contributed by atoms with Crippen molar-refractivity contribution in [3.05, 3.63) is 143 Å². The van der Waals surface area contributed by atoms with Crippen LogP contribution in [0.15, 0.2) is 109 Å². The van der Waals surface area contributed by atoms with E-state index in [2.05, 4.69) is 0 Å². The number of benzene rings is 6. The molecular formula is C42H18F12N4. The van der Waals surface area contributed by atoms with Gasteiger partial charge in [-0.25, -0.2) is 0 Å². The highest BCUT2D eigenvalue weighted by atomic mass is 19.4. The van der Waals surface area contributed by atoms with Gasteiger partial charge in [0, 0.05) is 27.1 Å². The summed E-state index contributed by atoms with van der Waals surface area (Å²) in [4.78, 5) is 0. The molecule has 2 aromatic heterocycles. The molecule has 58 heavy (non-hydrogen) atoms. The standard InChI is InChI=1S/C42H18F12N4/c43-39(44,45)24-4-8-28-29-9-5-25(40(46,47)48)15-36(29)57(35(28)14-24)33-18-32(22-3-1-2-21(12-22)19-55)34(13-23(33)20-56)58-37-16-26(41(49,50)51)6-10-30(37)31-11-7-27(17-38(31)58)42(52,53)54/h1-18H. The number of nitrogens with zero attached hydrogens (tertiary/aromatic N) is 4. The SMILES string of the molecule is N#Cc1cccc(-c2cc(-n3c4cc(C(F)(F)F)ccc4c4ccc(C(F)(F)F)cc43)c(C#N)cc2-n2c3cc(C(F)(F)F)ccc3c3ccc(C(F)(F)F)cc32)c1. The molecule has 0 radical (unpaired) electrons. The molecule has 2 heterocycles. The lowest BCUT2D eigenvalue weighted by molar-refractivity contribution is -0.138. The van der Waals surface area contributed by atoms with E-state index < -0.39 is 52.5 Å². The van der Waals surface area contributed by atoms with Crippen molar-refractivity contribution in [1.29, 1.82) is 10.5 Å². The van der Waals surface area contributed by atoms with Crippen molar-refractivity contribution < 1.29 is 52.7 Å². The van der Waals surface area contributed by atoms with Crippen LogP contribution in [-0.2, 0) is 24.7 Å². The zero-order valence-corrected chi connectivity index (χ0v) is 28.7. The van der Waals surface area contributed by atoms with Gasteiger partial charge in [0.2, 0.25) is 0 Å². The molecule has 4 nitrogen and oxygen atoms in total. The average Bonchev–Trinajstić information content (AvgIpc) is 3.67. The highest BCUT2D eigenvalue weighted by molar-refractivity contribution is 6.11. The summed E-state index contributed by atoms with van der Waals surface area (Å²) in [5.74, 6) is 0. The first-order chi connectivity index (χ1) is 27.2. The van der Waals surface area contributed by atoms with Crippen LogP contribution in [0.25, 0.3) is 66.1 Å². The van der Waals surface area contributed by atoms with Crippen LogP contribution in [-0.4, -0.2) is 9.13 Å². The van der Waals surface area contributed by atoms with Crippen molar-refractivity contribution in [3.8, 4) is 34.6 Å². The monoisotopic (exact) mass is 806 g/mol. The number of halogens is 12. The Balaban J connectivity index is 1.57. The second kappa shape index (κ2) is 12.8. The second-order valence-electron chi connectivity index (χ2n) is 13.3. The molecular weight excluding hydrogens is 788 g/mol. The van der Waals surface area contributed by atoms with Gasteiger partial charge in [-0.15, -0.1) is 0 Å². The number of hydrogen-bond acceptors (Lipinski definition) is 2. The summed E-state index contributed by atoms with van der Waals surface area (Å²) in [5.41, 5.74) is -6.56. The van der Waals surface area contributed by atoms with Gasteiger partial charge in [0.05, 0.1) is 72.9 Å². The predicted molar refractivity (Wildman–Crippen MR) is 190 cm³/mol. The Bertz CT molecular complexity index is 2950. The largest absolute Gasteiger partial charge is 0.416 e. The predicted octanol–water partition coefficient (Wildman–Crippen LogP) is 13.4. The fourth-order valence-electron chi connectivity index (χ4n) is 7.29. The van der Waals surface area contributed by atoms with Gasteiger partial charge in [-0.05, 0) is 78.4 Å². The summed E-state index contributed by atoms with van der Waals surface area (Å²) in [6.07, 6.45) is -19.7. The van der Waals surface area contributed by atoms with Crippen molar-refractivity contribution >= 4 is 43.6 Å². The molecule has 0 amide bonds. The Kier molecular flexibility index (Phi) is 8.37. The maximum Gasteiger partial charge on any atom is 0.416 e. The molecule has 0 saturated carbocycles. The first-order valence-electron chi connectivity index (χ1n) is 16.7. The first kappa shape index (κ1) is 38.0. The van der Waals surface area contributed by atoms with Gasteiger partial charge in [-0.3, -0.25) is 0 Å². The van der Waals surface area contributed by atoms with E-state index in [1.54, 1.807) is 0 Å². The molecule has 0 unspecified atom stereocenters. The molecule has 0 aliphatic carbocycles. The minimum atomic E-state index is -4.92. The van der Waals surface area contributed by atoms with Crippen LogP contribution in [0.2, 0.25) is 0 Å². The fourth-order valence-corrected chi connectivity index (χ4v) is 7.29. The molecule has 0 spiro atoms. The van der Waals surface area contributed by atoms with Gasteiger partial charge in [0.15, 0.2) is 0 Å². The third-order valence-electron chi connectivity index (χ3n) is 9.86. The summed E-state index contributed by atoms with van der Waals surface area (Å²) >= 11 is 0. The van der Waals surface area contributed by atoms with Gasteiger partial charge < -0.3 is 9.13 Å². The maximum atomic E-state index is 14.2. The average molecular weight is 807 g/mol. The third kappa shape index (κ3) is 6.21. The molecule has 8 rings (SSSR count). The second-order valence-corrected chi connectivity index (χ2v) is 13.3. The molecule has 0 saturated heterocycles. The number of hydrogen-bond donors (Lipinski definition) is 0. The van der Waals surface area contributed by atoms with Gasteiger partial charge in [0.25, 0.3) is 0 Å². The lowest BCUT2D eigenvalue weighted by Gasteiger charge is -2.20. The summed E-state index contributed by atoms with van der Waals surface area (Å²) < 4.78 is 172. The van der Waals surface area contributed by atoms with E-state index in [1.165, 1.54) is 30.3 Å². The topological polar surface area (TPSA) is 57.4 Å². The number of alkyl halides is 12. The van der Waals surface area contributed by atoms with E-state index in [0.717, 1.165) is 63.7 Å². The quantitative estimate of drug-likeness (QED) is 0.167. The van der Waals surface area contributed by atoms with Crippen LogP contribution in [0, 0.1) is 22.7 Å². The lowest BCUT2D eigenvalue weighted by atomic mass is 9.97. The van der Waals surface area contributed by atoms with Crippen molar-refractivity contribution in [3.63, 3.8) is 0 Å². The fraction of sp³-hybridized carbons (Fsp3) is 0.0952. The van der Waals surface area contributed by atoms with Crippen LogP contribution in [0.1, 0.15) is 33.4 Å². The minimum Gasteiger partial charge on any atom is -0.309 e. The van der Waals surface area contributed by atoms with Crippen LogP contribution in [0.3, 0.4) is 0 Å². The van der Waals surface area contributed by atoms with Crippen LogP contribution in [0.4, 0.5) is 52.7 Å². The smallest absolute Gasteiger partial charge is 0.309 e. The number of aromatic nitrogens is 2. The molecule has 16 heteroatoms. The van der Waals surface area contributed by atoms with Crippen molar-refractivity contribution in [2.75, 3.05) is 0 Å².